The van der Waals surface area contributed by atoms with Crippen molar-refractivity contribution in [3.05, 3.63) is 54.1 Å². The Bertz CT molecular complexity index is 834. The van der Waals surface area contributed by atoms with Crippen molar-refractivity contribution in [3.63, 3.8) is 0 Å². The molecule has 3 nitrogen and oxygen atoms in total. The number of carbonyl (C=O) groups excluding carboxylic acids is 1. The van der Waals surface area contributed by atoms with Crippen LogP contribution in [0.4, 0.5) is 13.9 Å². The number of nitrogens with one attached hydrogen (secondary N) is 1. The molecule has 0 unspecified atom stereocenters. The van der Waals surface area contributed by atoms with E-state index in [0.717, 1.165) is 4.90 Å². The summed E-state index contributed by atoms with van der Waals surface area (Å²) in [7, 11) is 0. The molecule has 118 valence electrons. The van der Waals surface area contributed by atoms with Gasteiger partial charge in [0.2, 0.25) is 5.91 Å². The molecule has 2 aromatic carbocycles. The molecular formula is C16H12F2N2OS2. The van der Waals surface area contributed by atoms with Gasteiger partial charge in [0.15, 0.2) is 5.13 Å². The lowest BCUT2D eigenvalue weighted by atomic mass is 10.3. The lowest BCUT2D eigenvalue weighted by Crippen LogP contribution is -2.11. The van der Waals surface area contributed by atoms with Crippen LogP contribution >= 0.6 is 23.1 Å². The molecule has 0 aliphatic rings. The van der Waals surface area contributed by atoms with Crippen LogP contribution in [0.15, 0.2) is 47.4 Å². The average molecular weight is 350 g/mol. The highest BCUT2D eigenvalue weighted by Gasteiger charge is 2.10. The zero-order valence-corrected chi connectivity index (χ0v) is 13.5. The standard InChI is InChI=1S/C16H12F2N2OS2/c17-10-4-6-11(7-5-10)22-9-8-14(21)19-16-20-15-12(18)2-1-3-13(15)23-16/h1-7H,8-9H2,(H,19,20,21). The largest absolute Gasteiger partial charge is 0.302 e. The third-order valence-corrected chi connectivity index (χ3v) is 4.98. The summed E-state index contributed by atoms with van der Waals surface area (Å²) >= 11 is 2.71. The summed E-state index contributed by atoms with van der Waals surface area (Å²) in [5.74, 6) is -0.295. The van der Waals surface area contributed by atoms with E-state index in [4.69, 9.17) is 0 Å². The predicted molar refractivity (Wildman–Crippen MR) is 89.9 cm³/mol. The van der Waals surface area contributed by atoms with Crippen LogP contribution in [0.1, 0.15) is 6.42 Å². The SMILES string of the molecule is O=C(CCSc1ccc(F)cc1)Nc1nc2c(F)cccc2s1. The number of rotatable bonds is 5. The molecule has 0 bridgehead atoms. The number of thiazole rings is 1. The van der Waals surface area contributed by atoms with E-state index in [2.05, 4.69) is 10.3 Å². The molecule has 0 aliphatic heterocycles. The lowest BCUT2D eigenvalue weighted by molar-refractivity contribution is -0.115. The summed E-state index contributed by atoms with van der Waals surface area (Å²) < 4.78 is 27.0. The van der Waals surface area contributed by atoms with Crippen LogP contribution in [0.2, 0.25) is 0 Å². The minimum Gasteiger partial charge on any atom is -0.302 e. The van der Waals surface area contributed by atoms with Crippen LogP contribution in [-0.2, 0) is 4.79 Å². The molecule has 0 fully saturated rings. The second kappa shape index (κ2) is 7.06. The van der Waals surface area contributed by atoms with E-state index < -0.39 is 5.82 Å². The van der Waals surface area contributed by atoms with Crippen LogP contribution < -0.4 is 5.32 Å². The van der Waals surface area contributed by atoms with Crippen LogP contribution in [-0.4, -0.2) is 16.6 Å². The smallest absolute Gasteiger partial charge is 0.226 e. The van der Waals surface area contributed by atoms with E-state index >= 15 is 0 Å². The highest BCUT2D eigenvalue weighted by atomic mass is 32.2. The lowest BCUT2D eigenvalue weighted by Gasteiger charge is -2.02. The number of nitrogens with zero attached hydrogens (tertiary/aromatic N) is 1. The van der Waals surface area contributed by atoms with Gasteiger partial charge in [-0.2, -0.15) is 0 Å². The Kier molecular flexibility index (Phi) is 4.88. The summed E-state index contributed by atoms with van der Waals surface area (Å²) in [5.41, 5.74) is 0.272. The van der Waals surface area contributed by atoms with Gasteiger partial charge in [0.05, 0.1) is 4.70 Å². The Morgan fingerprint density at radius 2 is 1.96 bits per heavy atom. The van der Waals surface area contributed by atoms with E-state index in [-0.39, 0.29) is 17.2 Å². The second-order valence-corrected chi connectivity index (χ2v) is 6.91. The first-order valence-corrected chi connectivity index (χ1v) is 8.65. The maximum Gasteiger partial charge on any atom is 0.226 e. The molecule has 0 atom stereocenters. The molecule has 1 aromatic heterocycles. The van der Waals surface area contributed by atoms with E-state index in [0.29, 0.717) is 22.0 Å². The third-order valence-electron chi connectivity index (χ3n) is 3.03. The molecular weight excluding hydrogens is 338 g/mol. The first-order valence-electron chi connectivity index (χ1n) is 6.85. The fraction of sp³-hybridized carbons (Fsp3) is 0.125. The van der Waals surface area contributed by atoms with Crippen LogP contribution in [0.5, 0.6) is 0 Å². The normalized spacial score (nSPS) is 10.9. The van der Waals surface area contributed by atoms with Crippen molar-refractivity contribution < 1.29 is 13.6 Å². The monoisotopic (exact) mass is 350 g/mol. The van der Waals surface area contributed by atoms with Crippen LogP contribution in [0.3, 0.4) is 0 Å². The summed E-state index contributed by atoms with van der Waals surface area (Å²) in [6, 6.07) is 10.8. The van der Waals surface area contributed by atoms with Crippen molar-refractivity contribution in [2.45, 2.75) is 11.3 Å². The fourth-order valence-corrected chi connectivity index (χ4v) is 3.69. The zero-order chi connectivity index (χ0) is 16.2. The number of hydrogen-bond acceptors (Lipinski definition) is 4. The second-order valence-electron chi connectivity index (χ2n) is 4.71. The molecule has 1 amide bonds. The van der Waals surface area contributed by atoms with E-state index in [1.54, 1.807) is 24.3 Å². The number of anilines is 1. The van der Waals surface area contributed by atoms with Gasteiger partial charge in [-0.25, -0.2) is 13.8 Å². The predicted octanol–water partition coefficient (Wildman–Crippen LogP) is 4.70. The van der Waals surface area contributed by atoms with Crippen molar-refractivity contribution in [3.8, 4) is 0 Å². The first kappa shape index (κ1) is 15.9. The van der Waals surface area contributed by atoms with Crippen molar-refractivity contribution in [1.82, 2.24) is 4.98 Å². The quantitative estimate of drug-likeness (QED) is 0.679. The number of halogens is 2. The first-order chi connectivity index (χ1) is 11.1. The maximum absolute atomic E-state index is 13.6. The molecule has 7 heteroatoms. The van der Waals surface area contributed by atoms with Crippen molar-refractivity contribution in [1.29, 1.82) is 0 Å². The average Bonchev–Trinajstić information content (AvgIpc) is 2.93. The molecule has 3 aromatic rings. The van der Waals surface area contributed by atoms with Gasteiger partial charge >= 0.3 is 0 Å². The van der Waals surface area contributed by atoms with Crippen LogP contribution in [0.25, 0.3) is 10.2 Å². The molecule has 1 heterocycles. The molecule has 0 radical (unpaired) electrons. The van der Waals surface area contributed by atoms with Gasteiger partial charge in [-0.15, -0.1) is 11.8 Å². The Labute approximate surface area is 139 Å². The summed E-state index contributed by atoms with van der Waals surface area (Å²) in [4.78, 5) is 16.9. The summed E-state index contributed by atoms with van der Waals surface area (Å²) in [5, 5.41) is 3.07. The summed E-state index contributed by atoms with van der Waals surface area (Å²) in [6.45, 7) is 0. The molecule has 1 N–H and O–H groups in total. The number of amides is 1. The van der Waals surface area contributed by atoms with E-state index in [1.165, 1.54) is 41.3 Å². The van der Waals surface area contributed by atoms with Crippen molar-refractivity contribution in [2.24, 2.45) is 0 Å². The van der Waals surface area contributed by atoms with Gasteiger partial charge in [-0.1, -0.05) is 17.4 Å². The number of fused-ring (bicyclic) bond motifs is 1. The number of carbonyl (C=O) groups is 1. The Balaban J connectivity index is 1.54. The highest BCUT2D eigenvalue weighted by Crippen LogP contribution is 2.27. The van der Waals surface area contributed by atoms with Gasteiger partial charge in [0.1, 0.15) is 17.2 Å². The van der Waals surface area contributed by atoms with Gasteiger partial charge in [0.25, 0.3) is 0 Å². The Hall–Kier alpha value is -1.99. The number of hydrogen-bond donors (Lipinski definition) is 1. The van der Waals surface area contributed by atoms with E-state index in [9.17, 15) is 13.6 Å². The van der Waals surface area contributed by atoms with Gasteiger partial charge in [0, 0.05) is 17.1 Å². The molecule has 23 heavy (non-hydrogen) atoms. The zero-order valence-electron chi connectivity index (χ0n) is 11.9. The van der Waals surface area contributed by atoms with Crippen molar-refractivity contribution in [2.75, 3.05) is 11.1 Å². The minimum atomic E-state index is -0.397. The molecule has 0 saturated heterocycles. The van der Waals surface area contributed by atoms with Crippen molar-refractivity contribution >= 4 is 44.4 Å². The fourth-order valence-electron chi connectivity index (χ4n) is 1.94. The summed E-state index contributed by atoms with van der Waals surface area (Å²) in [6.07, 6.45) is 0.292. The third kappa shape index (κ3) is 4.05. The van der Waals surface area contributed by atoms with Crippen LogP contribution in [0, 0.1) is 11.6 Å². The molecule has 0 saturated carbocycles. The number of para-hydroxylation sites is 1. The van der Waals surface area contributed by atoms with Gasteiger partial charge in [-0.3, -0.25) is 4.79 Å². The van der Waals surface area contributed by atoms with E-state index in [1.807, 2.05) is 0 Å². The maximum atomic E-state index is 13.6. The number of thioether (sulfide) groups is 1. The topological polar surface area (TPSA) is 42.0 Å². The molecule has 0 aliphatic carbocycles. The highest BCUT2D eigenvalue weighted by molar-refractivity contribution is 7.99. The Morgan fingerprint density at radius 3 is 2.70 bits per heavy atom. The number of aromatic nitrogens is 1. The molecule has 0 spiro atoms. The van der Waals surface area contributed by atoms with Gasteiger partial charge < -0.3 is 5.32 Å². The Morgan fingerprint density at radius 1 is 1.17 bits per heavy atom. The van der Waals surface area contributed by atoms with Gasteiger partial charge in [-0.05, 0) is 36.4 Å². The molecule has 3 rings (SSSR count). The number of benzene rings is 2. The minimum absolute atomic E-state index is 0.181.